The maximum absolute atomic E-state index is 12.1. The maximum atomic E-state index is 12.1. The van der Waals surface area contributed by atoms with Crippen LogP contribution in [0.4, 0.5) is 0 Å². The van der Waals surface area contributed by atoms with Gasteiger partial charge in [-0.25, -0.2) is 9.78 Å². The number of nitrogens with zero attached hydrogens (tertiary/aromatic N) is 1. The molecule has 7 heteroatoms. The third-order valence-electron chi connectivity index (χ3n) is 3.29. The molecule has 24 heavy (non-hydrogen) atoms. The zero-order chi connectivity index (χ0) is 17.5. The fourth-order valence-electron chi connectivity index (χ4n) is 2.06. The minimum Gasteiger partial charge on any atom is -0.496 e. The lowest BCUT2D eigenvalue weighted by Crippen LogP contribution is -2.24. The molecule has 0 atom stereocenters. The van der Waals surface area contributed by atoms with Crippen LogP contribution in [-0.2, 0) is 11.3 Å². The van der Waals surface area contributed by atoms with Crippen LogP contribution in [0.3, 0.4) is 0 Å². The van der Waals surface area contributed by atoms with Gasteiger partial charge in [0.25, 0.3) is 5.91 Å². The summed E-state index contributed by atoms with van der Waals surface area (Å²) < 4.78 is 14.8. The van der Waals surface area contributed by atoms with Crippen molar-refractivity contribution in [1.82, 2.24) is 10.3 Å². The molecule has 0 unspecified atom stereocenters. The van der Waals surface area contributed by atoms with Crippen LogP contribution in [-0.4, -0.2) is 38.2 Å². The highest BCUT2D eigenvalue weighted by Crippen LogP contribution is 2.20. The molecular formula is C17H18N2O5. The normalized spacial score (nSPS) is 9.96. The van der Waals surface area contributed by atoms with Crippen LogP contribution < -0.4 is 14.8 Å². The van der Waals surface area contributed by atoms with Crippen molar-refractivity contribution in [2.45, 2.75) is 6.54 Å². The summed E-state index contributed by atoms with van der Waals surface area (Å²) in [6, 6.07) is 9.95. The van der Waals surface area contributed by atoms with E-state index < -0.39 is 5.97 Å². The molecule has 1 aromatic heterocycles. The summed E-state index contributed by atoms with van der Waals surface area (Å²) in [5.41, 5.74) is 1.27. The van der Waals surface area contributed by atoms with E-state index in [-0.39, 0.29) is 18.1 Å². The summed E-state index contributed by atoms with van der Waals surface area (Å²) in [5.74, 6) is -0.0784. The fourth-order valence-corrected chi connectivity index (χ4v) is 2.06. The number of carbonyl (C=O) groups excluding carboxylic acids is 2. The number of aromatic nitrogens is 1. The molecule has 126 valence electrons. The van der Waals surface area contributed by atoms with Gasteiger partial charge >= 0.3 is 5.97 Å². The number of amides is 1. The lowest BCUT2D eigenvalue weighted by molar-refractivity contribution is 0.0597. The molecule has 0 aliphatic carbocycles. The van der Waals surface area contributed by atoms with Gasteiger partial charge in [0.1, 0.15) is 17.0 Å². The first-order chi connectivity index (χ1) is 11.6. The number of ether oxygens (including phenoxy) is 3. The van der Waals surface area contributed by atoms with E-state index in [1.807, 2.05) is 0 Å². The third-order valence-corrected chi connectivity index (χ3v) is 3.29. The quantitative estimate of drug-likeness (QED) is 0.813. The van der Waals surface area contributed by atoms with Crippen molar-refractivity contribution in [1.29, 1.82) is 0 Å². The van der Waals surface area contributed by atoms with E-state index in [0.717, 1.165) is 5.56 Å². The number of methoxy groups -OCH3 is 3. The van der Waals surface area contributed by atoms with Gasteiger partial charge in [-0.3, -0.25) is 4.79 Å². The van der Waals surface area contributed by atoms with Gasteiger partial charge in [0, 0.05) is 12.6 Å². The molecule has 0 bridgehead atoms. The number of rotatable bonds is 6. The van der Waals surface area contributed by atoms with Gasteiger partial charge in [-0.1, -0.05) is 12.1 Å². The topological polar surface area (TPSA) is 86.8 Å². The first-order valence-electron chi connectivity index (χ1n) is 7.13. The summed E-state index contributed by atoms with van der Waals surface area (Å²) in [4.78, 5) is 28.0. The smallest absolute Gasteiger partial charge is 0.341 e. The van der Waals surface area contributed by atoms with Crippen molar-refractivity contribution in [3.8, 4) is 11.6 Å². The van der Waals surface area contributed by atoms with Crippen LogP contribution >= 0.6 is 0 Å². The van der Waals surface area contributed by atoms with Gasteiger partial charge in [-0.2, -0.15) is 0 Å². The van der Waals surface area contributed by atoms with Crippen LogP contribution in [0, 0.1) is 0 Å². The number of pyridine rings is 1. The van der Waals surface area contributed by atoms with Gasteiger partial charge in [0.05, 0.1) is 21.3 Å². The number of hydrogen-bond donors (Lipinski definition) is 1. The summed E-state index contributed by atoms with van der Waals surface area (Å²) >= 11 is 0. The molecular weight excluding hydrogens is 312 g/mol. The van der Waals surface area contributed by atoms with Crippen molar-refractivity contribution in [3.63, 3.8) is 0 Å². The number of esters is 1. The summed E-state index contributed by atoms with van der Waals surface area (Å²) in [7, 11) is 4.25. The highest BCUT2D eigenvalue weighted by atomic mass is 16.5. The molecule has 0 spiro atoms. The predicted octanol–water partition coefficient (Wildman–Crippen LogP) is 1.82. The molecule has 7 nitrogen and oxygen atoms in total. The van der Waals surface area contributed by atoms with E-state index in [0.29, 0.717) is 17.2 Å². The molecule has 2 aromatic rings. The van der Waals surface area contributed by atoms with Crippen LogP contribution in [0.2, 0.25) is 0 Å². The molecule has 2 rings (SSSR count). The van der Waals surface area contributed by atoms with Crippen molar-refractivity contribution < 1.29 is 23.8 Å². The van der Waals surface area contributed by atoms with E-state index in [9.17, 15) is 9.59 Å². The highest BCUT2D eigenvalue weighted by Gasteiger charge is 2.14. The molecule has 0 saturated carbocycles. The second-order valence-corrected chi connectivity index (χ2v) is 4.77. The second kappa shape index (κ2) is 7.96. The highest BCUT2D eigenvalue weighted by molar-refractivity contribution is 5.93. The zero-order valence-electron chi connectivity index (χ0n) is 13.7. The van der Waals surface area contributed by atoms with Crippen LogP contribution in [0.15, 0.2) is 36.4 Å². The molecule has 1 heterocycles. The summed E-state index contributed by atoms with van der Waals surface area (Å²) in [6.45, 7) is 0.228. The van der Waals surface area contributed by atoms with Crippen LogP contribution in [0.5, 0.6) is 11.6 Å². The van der Waals surface area contributed by atoms with Crippen molar-refractivity contribution in [3.05, 3.63) is 53.2 Å². The van der Waals surface area contributed by atoms with Gasteiger partial charge in [-0.05, 0) is 23.8 Å². The van der Waals surface area contributed by atoms with Crippen molar-refractivity contribution in [2.75, 3.05) is 21.3 Å². The first-order valence-corrected chi connectivity index (χ1v) is 7.13. The van der Waals surface area contributed by atoms with Gasteiger partial charge in [0.15, 0.2) is 0 Å². The number of benzene rings is 1. The van der Waals surface area contributed by atoms with Crippen LogP contribution in [0.25, 0.3) is 0 Å². The predicted molar refractivity (Wildman–Crippen MR) is 86.3 cm³/mol. The SMILES string of the molecule is COC(=O)c1cc(CNC(=O)c2cccc(OC)n2)ccc1OC. The van der Waals surface area contributed by atoms with Crippen LogP contribution in [0.1, 0.15) is 26.4 Å². The molecule has 0 aliphatic rings. The average Bonchev–Trinajstić information content (AvgIpc) is 2.65. The molecule has 0 radical (unpaired) electrons. The summed E-state index contributed by atoms with van der Waals surface area (Å²) in [6.07, 6.45) is 0. The first kappa shape index (κ1) is 17.3. The van der Waals surface area contributed by atoms with E-state index in [1.165, 1.54) is 21.3 Å². The monoisotopic (exact) mass is 330 g/mol. The number of hydrogen-bond acceptors (Lipinski definition) is 6. The number of carbonyl (C=O) groups is 2. The standard InChI is InChI=1S/C17H18N2O5/c1-22-14-8-7-11(9-12(14)17(21)24-3)10-18-16(20)13-5-4-6-15(19-13)23-2/h4-9H,10H2,1-3H3,(H,18,20). The Labute approximate surface area is 139 Å². The lowest BCUT2D eigenvalue weighted by Gasteiger charge is -2.10. The van der Waals surface area contributed by atoms with E-state index in [1.54, 1.807) is 36.4 Å². The zero-order valence-corrected chi connectivity index (χ0v) is 13.7. The van der Waals surface area contributed by atoms with E-state index >= 15 is 0 Å². The molecule has 0 saturated heterocycles. The number of nitrogens with one attached hydrogen (secondary N) is 1. The van der Waals surface area contributed by atoms with Gasteiger partial charge < -0.3 is 19.5 Å². The molecule has 1 amide bonds. The summed E-state index contributed by atoms with van der Waals surface area (Å²) in [5, 5.41) is 2.74. The van der Waals surface area contributed by atoms with E-state index in [4.69, 9.17) is 14.2 Å². The van der Waals surface area contributed by atoms with Gasteiger partial charge in [-0.15, -0.1) is 0 Å². The molecule has 1 aromatic carbocycles. The van der Waals surface area contributed by atoms with Gasteiger partial charge in [0.2, 0.25) is 5.88 Å². The van der Waals surface area contributed by atoms with Crippen molar-refractivity contribution in [2.24, 2.45) is 0 Å². The maximum Gasteiger partial charge on any atom is 0.341 e. The Morgan fingerprint density at radius 2 is 1.88 bits per heavy atom. The molecule has 1 N–H and O–H groups in total. The minimum atomic E-state index is -0.505. The Balaban J connectivity index is 2.11. The largest absolute Gasteiger partial charge is 0.496 e. The lowest BCUT2D eigenvalue weighted by atomic mass is 10.1. The van der Waals surface area contributed by atoms with E-state index in [2.05, 4.69) is 10.3 Å². The Morgan fingerprint density at radius 3 is 2.54 bits per heavy atom. The van der Waals surface area contributed by atoms with Crippen molar-refractivity contribution >= 4 is 11.9 Å². The minimum absolute atomic E-state index is 0.228. The third kappa shape index (κ3) is 4.01. The molecule has 0 aliphatic heterocycles. The fraction of sp³-hybridized carbons (Fsp3) is 0.235. The average molecular weight is 330 g/mol. The Kier molecular flexibility index (Phi) is 5.73. The Hall–Kier alpha value is -3.09. The Morgan fingerprint density at radius 1 is 1.08 bits per heavy atom. The Bertz CT molecular complexity index is 746. The molecule has 0 fully saturated rings. The second-order valence-electron chi connectivity index (χ2n) is 4.77.